The maximum atomic E-state index is 5.95. The van der Waals surface area contributed by atoms with Gasteiger partial charge in [0, 0.05) is 18.7 Å². The van der Waals surface area contributed by atoms with Gasteiger partial charge in [-0.25, -0.2) is 4.98 Å². The fraction of sp³-hybridized carbons (Fsp3) is 0.435. The van der Waals surface area contributed by atoms with Crippen LogP contribution < -0.4 is 20.1 Å². The van der Waals surface area contributed by atoms with E-state index in [9.17, 15) is 0 Å². The molecule has 0 radical (unpaired) electrons. The molecule has 1 aliphatic rings. The normalized spacial score (nSPS) is 19.2. The zero-order valence-corrected chi connectivity index (χ0v) is 17.7. The molecule has 1 aliphatic heterocycles. The van der Waals surface area contributed by atoms with E-state index >= 15 is 0 Å². The van der Waals surface area contributed by atoms with Gasteiger partial charge in [0.2, 0.25) is 0 Å². The highest BCUT2D eigenvalue weighted by atomic mass is 32.1. The van der Waals surface area contributed by atoms with Crippen LogP contribution in [0.1, 0.15) is 26.2 Å². The molecule has 2 atom stereocenters. The lowest BCUT2D eigenvalue weighted by Gasteiger charge is -2.30. The minimum Gasteiger partial charge on any atom is -0.494 e. The highest BCUT2D eigenvalue weighted by Crippen LogP contribution is 2.27. The molecule has 5 nitrogen and oxygen atoms in total. The van der Waals surface area contributed by atoms with Crippen LogP contribution in [0.15, 0.2) is 48.5 Å². The number of piperidine rings is 1. The van der Waals surface area contributed by atoms with E-state index in [-0.39, 0.29) is 0 Å². The van der Waals surface area contributed by atoms with Crippen LogP contribution in [0.4, 0.5) is 5.13 Å². The van der Waals surface area contributed by atoms with Crippen LogP contribution in [0.25, 0.3) is 10.2 Å². The molecular formula is C23H29N3O2S. The van der Waals surface area contributed by atoms with Gasteiger partial charge in [0.05, 0.1) is 23.4 Å². The highest BCUT2D eigenvalue weighted by Gasteiger charge is 2.21. The smallest absolute Gasteiger partial charge is 0.183 e. The van der Waals surface area contributed by atoms with Gasteiger partial charge in [0.15, 0.2) is 5.13 Å². The number of anilines is 1. The third-order valence-electron chi connectivity index (χ3n) is 5.29. The van der Waals surface area contributed by atoms with Crippen molar-refractivity contribution in [3.05, 3.63) is 48.5 Å². The quantitative estimate of drug-likeness (QED) is 0.522. The van der Waals surface area contributed by atoms with E-state index in [2.05, 4.69) is 33.8 Å². The first-order valence-corrected chi connectivity index (χ1v) is 11.3. The number of benzene rings is 2. The van der Waals surface area contributed by atoms with Crippen LogP contribution in [0, 0.1) is 5.92 Å². The van der Waals surface area contributed by atoms with Crippen LogP contribution in [-0.4, -0.2) is 37.3 Å². The lowest BCUT2D eigenvalue weighted by Crippen LogP contribution is -2.40. The molecule has 0 saturated carbocycles. The van der Waals surface area contributed by atoms with E-state index < -0.39 is 0 Å². The van der Waals surface area contributed by atoms with Gasteiger partial charge >= 0.3 is 0 Å². The molecule has 2 unspecified atom stereocenters. The van der Waals surface area contributed by atoms with Crippen molar-refractivity contribution in [1.29, 1.82) is 0 Å². The van der Waals surface area contributed by atoms with E-state index in [1.165, 1.54) is 17.5 Å². The molecule has 1 aromatic heterocycles. The lowest BCUT2D eigenvalue weighted by atomic mass is 9.91. The molecule has 2 heterocycles. The topological polar surface area (TPSA) is 55.4 Å². The zero-order chi connectivity index (χ0) is 19.9. The Balaban J connectivity index is 1.21. The molecule has 0 amide bonds. The van der Waals surface area contributed by atoms with Gasteiger partial charge in [-0.2, -0.15) is 0 Å². The lowest BCUT2D eigenvalue weighted by molar-refractivity contribution is 0.242. The number of aromatic nitrogens is 1. The van der Waals surface area contributed by atoms with Crippen LogP contribution in [0.3, 0.4) is 0 Å². The van der Waals surface area contributed by atoms with Crippen molar-refractivity contribution >= 4 is 26.7 Å². The molecular weight excluding hydrogens is 382 g/mol. The summed E-state index contributed by atoms with van der Waals surface area (Å²) in [6.07, 6.45) is 3.38. The van der Waals surface area contributed by atoms with Gasteiger partial charge < -0.3 is 20.1 Å². The summed E-state index contributed by atoms with van der Waals surface area (Å²) in [6.45, 7) is 5.42. The molecule has 2 aromatic carbocycles. The average Bonchev–Trinajstić information content (AvgIpc) is 3.16. The molecule has 29 heavy (non-hydrogen) atoms. The predicted octanol–water partition coefficient (Wildman–Crippen LogP) is 4.94. The number of thiazole rings is 1. The van der Waals surface area contributed by atoms with Crippen molar-refractivity contribution in [2.24, 2.45) is 5.92 Å². The molecule has 0 aliphatic carbocycles. The van der Waals surface area contributed by atoms with Gasteiger partial charge in [-0.1, -0.05) is 29.5 Å². The maximum Gasteiger partial charge on any atom is 0.183 e. The first-order valence-electron chi connectivity index (χ1n) is 10.5. The first kappa shape index (κ1) is 20.0. The summed E-state index contributed by atoms with van der Waals surface area (Å²) in [5.74, 6) is 2.40. The molecule has 1 fully saturated rings. The molecule has 0 spiro atoms. The number of ether oxygens (including phenoxy) is 2. The summed E-state index contributed by atoms with van der Waals surface area (Å²) in [4.78, 5) is 4.68. The Labute approximate surface area is 176 Å². The summed E-state index contributed by atoms with van der Waals surface area (Å²) in [5, 5.41) is 8.23. The van der Waals surface area contributed by atoms with Gasteiger partial charge in [-0.15, -0.1) is 0 Å². The largest absolute Gasteiger partial charge is 0.494 e. The molecule has 1 saturated heterocycles. The number of hydrogen-bond acceptors (Lipinski definition) is 6. The predicted molar refractivity (Wildman–Crippen MR) is 120 cm³/mol. The Morgan fingerprint density at radius 3 is 2.86 bits per heavy atom. The number of rotatable bonds is 9. The van der Waals surface area contributed by atoms with E-state index in [1.807, 2.05) is 37.3 Å². The Hall–Kier alpha value is -2.31. The fourth-order valence-corrected chi connectivity index (χ4v) is 4.69. The first-order chi connectivity index (χ1) is 14.3. The third kappa shape index (κ3) is 5.61. The second-order valence-corrected chi connectivity index (χ2v) is 8.48. The van der Waals surface area contributed by atoms with E-state index in [0.717, 1.165) is 41.7 Å². The van der Waals surface area contributed by atoms with E-state index in [0.29, 0.717) is 25.2 Å². The van der Waals surface area contributed by atoms with Crippen LogP contribution in [0.2, 0.25) is 0 Å². The minimum atomic E-state index is 0.501. The Morgan fingerprint density at radius 2 is 2.00 bits per heavy atom. The number of nitrogens with one attached hydrogen (secondary N) is 2. The third-order valence-corrected chi connectivity index (χ3v) is 6.28. The highest BCUT2D eigenvalue weighted by molar-refractivity contribution is 7.22. The van der Waals surface area contributed by atoms with Gasteiger partial charge in [-0.3, -0.25) is 0 Å². The van der Waals surface area contributed by atoms with Crippen LogP contribution in [-0.2, 0) is 0 Å². The second-order valence-electron chi connectivity index (χ2n) is 7.45. The summed E-state index contributed by atoms with van der Waals surface area (Å²) in [5.41, 5.74) is 1.08. The zero-order valence-electron chi connectivity index (χ0n) is 16.9. The fourth-order valence-electron chi connectivity index (χ4n) is 3.82. The molecule has 154 valence electrons. The molecule has 0 bridgehead atoms. The standard InChI is InChI=1S/C23H29N3O2S/c1-2-27-19-6-5-7-20(15-19)28-13-11-18-14-17(10-12-24-18)16-25-23-26-21-8-3-4-9-22(21)29-23/h3-9,15,17-18,24H,2,10-14,16H2,1H3,(H,25,26). The molecule has 6 heteroatoms. The maximum absolute atomic E-state index is 5.95. The van der Waals surface area contributed by atoms with Crippen molar-refractivity contribution in [3.63, 3.8) is 0 Å². The van der Waals surface area contributed by atoms with Crippen LogP contribution >= 0.6 is 11.3 Å². The average molecular weight is 412 g/mol. The summed E-state index contributed by atoms with van der Waals surface area (Å²) in [6, 6.07) is 16.7. The van der Waals surface area contributed by atoms with E-state index in [1.54, 1.807) is 11.3 Å². The van der Waals surface area contributed by atoms with Crippen molar-refractivity contribution in [1.82, 2.24) is 10.3 Å². The Bertz CT molecular complexity index is 881. The number of nitrogens with zero attached hydrogens (tertiary/aromatic N) is 1. The number of para-hydroxylation sites is 1. The molecule has 4 rings (SSSR count). The Morgan fingerprint density at radius 1 is 1.14 bits per heavy atom. The van der Waals surface area contributed by atoms with Crippen LogP contribution in [0.5, 0.6) is 11.5 Å². The molecule has 2 N–H and O–H groups in total. The van der Waals surface area contributed by atoms with Gasteiger partial charge in [-0.05, 0) is 62.9 Å². The minimum absolute atomic E-state index is 0.501. The van der Waals surface area contributed by atoms with Gasteiger partial charge in [0.25, 0.3) is 0 Å². The number of fused-ring (bicyclic) bond motifs is 1. The second kappa shape index (κ2) is 9.94. The van der Waals surface area contributed by atoms with Crippen molar-refractivity contribution < 1.29 is 9.47 Å². The monoisotopic (exact) mass is 411 g/mol. The van der Waals surface area contributed by atoms with Crippen molar-refractivity contribution in [2.75, 3.05) is 31.6 Å². The molecule has 3 aromatic rings. The van der Waals surface area contributed by atoms with Crippen molar-refractivity contribution in [3.8, 4) is 11.5 Å². The number of hydrogen-bond donors (Lipinski definition) is 2. The van der Waals surface area contributed by atoms with Gasteiger partial charge in [0.1, 0.15) is 11.5 Å². The van der Waals surface area contributed by atoms with Crippen molar-refractivity contribution in [2.45, 2.75) is 32.2 Å². The summed E-state index contributed by atoms with van der Waals surface area (Å²) >= 11 is 1.73. The summed E-state index contributed by atoms with van der Waals surface area (Å²) < 4.78 is 12.7. The Kier molecular flexibility index (Phi) is 6.85. The SMILES string of the molecule is CCOc1cccc(OCCC2CC(CNc3nc4ccccc4s3)CCN2)c1. The summed E-state index contributed by atoms with van der Waals surface area (Å²) in [7, 11) is 0. The van der Waals surface area contributed by atoms with E-state index in [4.69, 9.17) is 9.47 Å².